The summed E-state index contributed by atoms with van der Waals surface area (Å²) in [4.78, 5) is 20.4. The number of para-hydroxylation sites is 1. The Balaban J connectivity index is 1.44. The highest BCUT2D eigenvalue weighted by molar-refractivity contribution is 9.13. The first-order valence-electron chi connectivity index (χ1n) is 7.51. The molecule has 0 aliphatic heterocycles. The summed E-state index contributed by atoms with van der Waals surface area (Å²) < 4.78 is 2.21. The number of halogens is 2. The van der Waals surface area contributed by atoms with Crippen LogP contribution in [0.25, 0.3) is 10.9 Å². The number of aromatic amines is 1. The van der Waals surface area contributed by atoms with Crippen molar-refractivity contribution in [2.75, 3.05) is 18.4 Å². The molecule has 126 valence electrons. The van der Waals surface area contributed by atoms with Crippen LogP contribution in [0.5, 0.6) is 0 Å². The molecule has 0 aliphatic rings. The minimum Gasteiger partial charge on any atom is -0.356 e. The van der Waals surface area contributed by atoms with Gasteiger partial charge < -0.3 is 10.6 Å². The molecule has 0 bridgehead atoms. The van der Waals surface area contributed by atoms with Crippen LogP contribution in [-0.4, -0.2) is 23.1 Å². The molecule has 0 amide bonds. The molecule has 0 atom stereocenters. The lowest BCUT2D eigenvalue weighted by molar-refractivity contribution is 0.667. The number of rotatable bonds is 7. The van der Waals surface area contributed by atoms with Gasteiger partial charge in [0.25, 0.3) is 5.56 Å². The van der Waals surface area contributed by atoms with Crippen molar-refractivity contribution in [3.63, 3.8) is 0 Å². The summed E-state index contributed by atoms with van der Waals surface area (Å²) in [6, 6.07) is 9.45. The third-order valence-corrected chi connectivity index (χ3v) is 6.69. The third-order valence-electron chi connectivity index (χ3n) is 3.43. The van der Waals surface area contributed by atoms with Crippen LogP contribution in [0.15, 0.2) is 43.4 Å². The highest BCUT2D eigenvalue weighted by Gasteiger charge is 2.04. The standard InChI is InChI=1S/C16H16Br2N4OS/c17-12-8-10(24-14(12)18)9-19-6-3-7-20-16-21-13-5-2-1-4-11(13)15(23)22-16/h1-2,4-5,8,19H,3,6-7,9H2,(H2,20,21,22,23). The maximum absolute atomic E-state index is 12.0. The van der Waals surface area contributed by atoms with Gasteiger partial charge in [-0.3, -0.25) is 9.78 Å². The predicted molar refractivity (Wildman–Crippen MR) is 107 cm³/mol. The van der Waals surface area contributed by atoms with Gasteiger partial charge in [-0.15, -0.1) is 11.3 Å². The number of nitrogens with zero attached hydrogens (tertiary/aromatic N) is 1. The number of thiophene rings is 1. The molecule has 0 radical (unpaired) electrons. The van der Waals surface area contributed by atoms with Crippen molar-refractivity contribution in [2.24, 2.45) is 0 Å². The summed E-state index contributed by atoms with van der Waals surface area (Å²) in [6.07, 6.45) is 0.935. The quantitative estimate of drug-likeness (QED) is 0.453. The van der Waals surface area contributed by atoms with Crippen molar-refractivity contribution in [1.29, 1.82) is 0 Å². The SMILES string of the molecule is O=c1[nH]c(NCCCNCc2cc(Br)c(Br)s2)nc2ccccc12. The summed E-state index contributed by atoms with van der Waals surface area (Å²) in [6.45, 7) is 2.48. The molecule has 5 nitrogen and oxygen atoms in total. The van der Waals surface area contributed by atoms with E-state index in [1.165, 1.54) is 4.88 Å². The molecule has 0 spiro atoms. The molecule has 8 heteroatoms. The van der Waals surface area contributed by atoms with Crippen LogP contribution < -0.4 is 16.2 Å². The van der Waals surface area contributed by atoms with Crippen LogP contribution in [0, 0.1) is 0 Å². The van der Waals surface area contributed by atoms with Crippen molar-refractivity contribution in [3.05, 3.63) is 53.8 Å². The topological polar surface area (TPSA) is 69.8 Å². The first-order chi connectivity index (χ1) is 11.6. The van der Waals surface area contributed by atoms with Crippen molar-refractivity contribution >= 4 is 60.0 Å². The van der Waals surface area contributed by atoms with E-state index >= 15 is 0 Å². The van der Waals surface area contributed by atoms with E-state index in [-0.39, 0.29) is 5.56 Å². The molecule has 1 aromatic carbocycles. The van der Waals surface area contributed by atoms with E-state index in [9.17, 15) is 4.79 Å². The Kier molecular flexibility index (Phi) is 6.04. The van der Waals surface area contributed by atoms with Crippen molar-refractivity contribution < 1.29 is 0 Å². The number of benzene rings is 1. The van der Waals surface area contributed by atoms with Crippen molar-refractivity contribution in [1.82, 2.24) is 15.3 Å². The highest BCUT2D eigenvalue weighted by Crippen LogP contribution is 2.32. The van der Waals surface area contributed by atoms with Crippen molar-refractivity contribution in [3.8, 4) is 0 Å². The zero-order valence-electron chi connectivity index (χ0n) is 12.7. The van der Waals surface area contributed by atoms with Crippen LogP contribution in [-0.2, 0) is 6.54 Å². The normalized spacial score (nSPS) is 11.1. The summed E-state index contributed by atoms with van der Waals surface area (Å²) in [5.74, 6) is 0.518. The molecule has 2 aromatic heterocycles. The second-order valence-electron chi connectivity index (χ2n) is 5.22. The summed E-state index contributed by atoms with van der Waals surface area (Å²) in [5.41, 5.74) is 0.589. The lowest BCUT2D eigenvalue weighted by Crippen LogP contribution is -2.19. The van der Waals surface area contributed by atoms with E-state index in [0.29, 0.717) is 16.9 Å². The first-order valence-corrected chi connectivity index (χ1v) is 9.91. The van der Waals surface area contributed by atoms with Gasteiger partial charge in [0, 0.05) is 22.4 Å². The fourth-order valence-electron chi connectivity index (χ4n) is 2.28. The Morgan fingerprint density at radius 1 is 1.21 bits per heavy atom. The van der Waals surface area contributed by atoms with Gasteiger partial charge in [-0.2, -0.15) is 0 Å². The summed E-state index contributed by atoms with van der Waals surface area (Å²) >= 11 is 8.70. The van der Waals surface area contributed by atoms with E-state index in [1.54, 1.807) is 17.4 Å². The zero-order valence-corrected chi connectivity index (χ0v) is 16.7. The molecule has 0 unspecified atom stereocenters. The fourth-order valence-corrected chi connectivity index (χ4v) is 4.43. The van der Waals surface area contributed by atoms with Gasteiger partial charge >= 0.3 is 0 Å². The molecule has 3 aromatic rings. The van der Waals surface area contributed by atoms with E-state index in [2.05, 4.69) is 58.5 Å². The Labute approximate surface area is 160 Å². The zero-order chi connectivity index (χ0) is 16.9. The maximum Gasteiger partial charge on any atom is 0.260 e. The average molecular weight is 472 g/mol. The number of nitrogens with one attached hydrogen (secondary N) is 3. The van der Waals surface area contributed by atoms with Crippen molar-refractivity contribution in [2.45, 2.75) is 13.0 Å². The molecule has 0 saturated carbocycles. The van der Waals surface area contributed by atoms with Gasteiger partial charge in [-0.25, -0.2) is 4.98 Å². The maximum atomic E-state index is 12.0. The number of aromatic nitrogens is 2. The van der Waals surface area contributed by atoms with E-state index in [0.717, 1.165) is 34.3 Å². The average Bonchev–Trinajstić information content (AvgIpc) is 2.89. The third kappa shape index (κ3) is 4.44. The van der Waals surface area contributed by atoms with E-state index in [1.807, 2.05) is 18.2 Å². The van der Waals surface area contributed by atoms with E-state index in [4.69, 9.17) is 0 Å². The second-order valence-corrected chi connectivity index (χ2v) is 8.53. The highest BCUT2D eigenvalue weighted by atomic mass is 79.9. The van der Waals surface area contributed by atoms with Crippen LogP contribution in [0.4, 0.5) is 5.95 Å². The van der Waals surface area contributed by atoms with Crippen LogP contribution >= 0.6 is 43.2 Å². The molecule has 2 heterocycles. The molecular formula is C16H16Br2N4OS. The van der Waals surface area contributed by atoms with Crippen LogP contribution in [0.3, 0.4) is 0 Å². The van der Waals surface area contributed by atoms with Gasteiger partial charge in [0.1, 0.15) is 0 Å². The van der Waals surface area contributed by atoms with Gasteiger partial charge in [0.15, 0.2) is 0 Å². The lowest BCUT2D eigenvalue weighted by atomic mass is 10.2. The number of hydrogen-bond donors (Lipinski definition) is 3. The Morgan fingerprint density at radius 2 is 2.04 bits per heavy atom. The van der Waals surface area contributed by atoms with Crippen LogP contribution in [0.1, 0.15) is 11.3 Å². The monoisotopic (exact) mass is 470 g/mol. The molecular weight excluding hydrogens is 456 g/mol. The minimum atomic E-state index is -0.116. The second kappa shape index (κ2) is 8.24. The number of anilines is 1. The molecule has 0 fully saturated rings. The number of H-pyrrole nitrogens is 1. The summed E-state index contributed by atoms with van der Waals surface area (Å²) in [7, 11) is 0. The Bertz CT molecular complexity index is 874. The summed E-state index contributed by atoms with van der Waals surface area (Å²) in [5, 5.41) is 7.19. The molecule has 24 heavy (non-hydrogen) atoms. The lowest BCUT2D eigenvalue weighted by Gasteiger charge is -2.07. The Hall–Kier alpha value is -1.22. The molecule has 0 saturated heterocycles. The van der Waals surface area contributed by atoms with Crippen LogP contribution in [0.2, 0.25) is 0 Å². The van der Waals surface area contributed by atoms with E-state index < -0.39 is 0 Å². The number of hydrogen-bond acceptors (Lipinski definition) is 5. The van der Waals surface area contributed by atoms with Gasteiger partial charge in [-0.05, 0) is 63.0 Å². The number of fused-ring (bicyclic) bond motifs is 1. The van der Waals surface area contributed by atoms with Gasteiger partial charge in [-0.1, -0.05) is 12.1 Å². The fraction of sp³-hybridized carbons (Fsp3) is 0.250. The largest absolute Gasteiger partial charge is 0.356 e. The molecule has 3 N–H and O–H groups in total. The predicted octanol–water partition coefficient (Wildman–Crippen LogP) is 4.10. The molecule has 3 rings (SSSR count). The smallest absolute Gasteiger partial charge is 0.260 e. The Morgan fingerprint density at radius 3 is 2.83 bits per heavy atom. The first kappa shape index (κ1) is 17.6. The molecule has 0 aliphatic carbocycles. The van der Waals surface area contributed by atoms with Gasteiger partial charge in [0.05, 0.1) is 14.7 Å². The minimum absolute atomic E-state index is 0.116. The van der Waals surface area contributed by atoms with Gasteiger partial charge in [0.2, 0.25) is 5.95 Å².